The van der Waals surface area contributed by atoms with Gasteiger partial charge in [-0.25, -0.2) is 4.39 Å². The third-order valence-electron chi connectivity index (χ3n) is 3.21. The molecule has 1 aliphatic rings. The average Bonchev–Trinajstić information content (AvgIpc) is 2.76. The van der Waals surface area contributed by atoms with Crippen molar-refractivity contribution in [3.05, 3.63) is 41.4 Å². The lowest BCUT2D eigenvalue weighted by atomic mass is 10.2. The van der Waals surface area contributed by atoms with Gasteiger partial charge < -0.3 is 20.1 Å². The Labute approximate surface area is 127 Å². The first-order valence-electron chi connectivity index (χ1n) is 6.84. The second-order valence-electron chi connectivity index (χ2n) is 4.88. The highest BCUT2D eigenvalue weighted by Gasteiger charge is 2.31. The van der Waals surface area contributed by atoms with E-state index in [1.54, 1.807) is 12.1 Å². The number of aliphatic hydroxyl groups excluding tert-OH is 1. The Morgan fingerprint density at radius 2 is 2.18 bits per heavy atom. The molecule has 1 aliphatic heterocycles. The number of rotatable bonds is 6. The van der Waals surface area contributed by atoms with E-state index in [9.17, 15) is 19.1 Å². The van der Waals surface area contributed by atoms with Crippen LogP contribution in [0.4, 0.5) is 4.39 Å². The molecule has 7 heteroatoms. The van der Waals surface area contributed by atoms with Gasteiger partial charge in [0.1, 0.15) is 0 Å². The van der Waals surface area contributed by atoms with Crippen LogP contribution in [0.3, 0.4) is 0 Å². The molecular formula is C15H17FN2O4. The van der Waals surface area contributed by atoms with Crippen molar-refractivity contribution in [1.29, 1.82) is 0 Å². The molecule has 2 amide bonds. The van der Waals surface area contributed by atoms with E-state index in [1.807, 2.05) is 0 Å². The number of nitrogens with zero attached hydrogens (tertiary/aromatic N) is 1. The molecule has 6 nitrogen and oxygen atoms in total. The van der Waals surface area contributed by atoms with Crippen LogP contribution in [0, 0.1) is 5.82 Å². The van der Waals surface area contributed by atoms with Gasteiger partial charge in [0, 0.05) is 13.6 Å². The van der Waals surface area contributed by atoms with Gasteiger partial charge >= 0.3 is 0 Å². The van der Waals surface area contributed by atoms with Gasteiger partial charge in [0.05, 0.1) is 18.7 Å². The number of para-hydroxylation sites is 1. The van der Waals surface area contributed by atoms with Crippen LogP contribution < -0.4 is 10.1 Å². The molecule has 22 heavy (non-hydrogen) atoms. The summed E-state index contributed by atoms with van der Waals surface area (Å²) in [4.78, 5) is 24.4. The summed E-state index contributed by atoms with van der Waals surface area (Å²) >= 11 is 0. The van der Waals surface area contributed by atoms with Crippen molar-refractivity contribution in [2.75, 3.05) is 26.7 Å². The molecule has 1 aromatic rings. The van der Waals surface area contributed by atoms with Crippen molar-refractivity contribution < 1.29 is 23.8 Å². The molecule has 2 N–H and O–H groups in total. The minimum atomic E-state index is -0.562. The molecule has 0 radical (unpaired) electrons. The summed E-state index contributed by atoms with van der Waals surface area (Å²) in [6.45, 7) is 0.620. The van der Waals surface area contributed by atoms with Crippen molar-refractivity contribution in [2.45, 2.75) is 6.42 Å². The van der Waals surface area contributed by atoms with E-state index in [4.69, 9.17) is 4.74 Å². The minimum Gasteiger partial charge on any atom is -0.503 e. The number of likely N-dealkylation sites (N-methyl/N-ethyl adjacent to an activating group) is 1. The van der Waals surface area contributed by atoms with Crippen molar-refractivity contribution in [1.82, 2.24) is 10.2 Å². The molecule has 0 spiro atoms. The first-order valence-corrected chi connectivity index (χ1v) is 6.84. The van der Waals surface area contributed by atoms with Crippen molar-refractivity contribution in [3.63, 3.8) is 0 Å². The molecule has 0 aromatic heterocycles. The average molecular weight is 308 g/mol. The zero-order valence-electron chi connectivity index (χ0n) is 12.1. The second kappa shape index (κ2) is 6.93. The van der Waals surface area contributed by atoms with Crippen LogP contribution in [-0.2, 0) is 9.59 Å². The lowest BCUT2D eigenvalue weighted by molar-refractivity contribution is -0.126. The maximum Gasteiger partial charge on any atom is 0.289 e. The summed E-state index contributed by atoms with van der Waals surface area (Å²) in [5, 5.41) is 12.1. The standard InChI is InChI=1S/C15H17FN2O4/c1-18-9-10(13(19)15(18)21)14(20)17-7-4-8-22-12-6-3-2-5-11(12)16/h2-3,5-6,19H,4,7-9H2,1H3,(H,17,20). The van der Waals surface area contributed by atoms with E-state index < -0.39 is 23.4 Å². The van der Waals surface area contributed by atoms with E-state index in [2.05, 4.69) is 5.32 Å². The SMILES string of the molecule is CN1CC(C(=O)NCCCOc2ccccc2F)=C(O)C1=O. The number of halogens is 1. The number of benzene rings is 1. The van der Waals surface area contributed by atoms with E-state index in [1.165, 1.54) is 24.1 Å². The third-order valence-corrected chi connectivity index (χ3v) is 3.21. The topological polar surface area (TPSA) is 78.9 Å². The third kappa shape index (κ3) is 3.55. The van der Waals surface area contributed by atoms with Crippen LogP contribution in [-0.4, -0.2) is 48.6 Å². The van der Waals surface area contributed by atoms with Crippen LogP contribution in [0.5, 0.6) is 5.75 Å². The number of carbonyl (C=O) groups excluding carboxylic acids is 2. The molecular weight excluding hydrogens is 291 g/mol. The van der Waals surface area contributed by atoms with Crippen LogP contribution in [0.15, 0.2) is 35.6 Å². The summed E-state index contributed by atoms with van der Waals surface area (Å²) in [6, 6.07) is 6.07. The van der Waals surface area contributed by atoms with E-state index >= 15 is 0 Å². The molecule has 0 saturated heterocycles. The van der Waals surface area contributed by atoms with Gasteiger partial charge in [-0.05, 0) is 18.6 Å². The molecule has 0 aliphatic carbocycles. The van der Waals surface area contributed by atoms with Gasteiger partial charge in [0.15, 0.2) is 17.3 Å². The largest absolute Gasteiger partial charge is 0.503 e. The zero-order chi connectivity index (χ0) is 16.1. The Hall–Kier alpha value is -2.57. The van der Waals surface area contributed by atoms with Gasteiger partial charge in [-0.15, -0.1) is 0 Å². The smallest absolute Gasteiger partial charge is 0.289 e. The number of ether oxygens (including phenoxy) is 1. The fourth-order valence-electron chi connectivity index (χ4n) is 2.00. The highest BCUT2D eigenvalue weighted by atomic mass is 19.1. The van der Waals surface area contributed by atoms with Gasteiger partial charge in [0.2, 0.25) is 0 Å². The number of aliphatic hydroxyl groups is 1. The predicted molar refractivity (Wildman–Crippen MR) is 76.8 cm³/mol. The maximum absolute atomic E-state index is 13.3. The Morgan fingerprint density at radius 3 is 2.82 bits per heavy atom. The molecule has 1 heterocycles. The Kier molecular flexibility index (Phi) is 4.98. The molecule has 2 rings (SSSR count). The molecule has 118 valence electrons. The minimum absolute atomic E-state index is 0.0579. The highest BCUT2D eigenvalue weighted by molar-refractivity contribution is 6.06. The summed E-state index contributed by atoms with van der Waals surface area (Å²) in [5.74, 6) is -1.83. The number of amides is 2. The van der Waals surface area contributed by atoms with E-state index in [0.717, 1.165) is 0 Å². The number of hydrogen-bond donors (Lipinski definition) is 2. The van der Waals surface area contributed by atoms with Gasteiger partial charge in [0.25, 0.3) is 11.8 Å². The predicted octanol–water partition coefficient (Wildman–Crippen LogP) is 0.995. The maximum atomic E-state index is 13.3. The first kappa shape index (κ1) is 15.8. The van der Waals surface area contributed by atoms with Crippen molar-refractivity contribution in [2.24, 2.45) is 0 Å². The summed E-state index contributed by atoms with van der Waals surface area (Å²) < 4.78 is 18.5. The van der Waals surface area contributed by atoms with Crippen LogP contribution in [0.1, 0.15) is 6.42 Å². The fraction of sp³-hybridized carbons (Fsp3) is 0.333. The molecule has 0 unspecified atom stereocenters. The Bertz CT molecular complexity index is 615. The quantitative estimate of drug-likeness (QED) is 0.768. The van der Waals surface area contributed by atoms with Gasteiger partial charge in [-0.2, -0.15) is 0 Å². The Balaban J connectivity index is 1.72. The second-order valence-corrected chi connectivity index (χ2v) is 4.88. The zero-order valence-corrected chi connectivity index (χ0v) is 12.1. The number of hydrogen-bond acceptors (Lipinski definition) is 4. The van der Waals surface area contributed by atoms with Crippen molar-refractivity contribution in [3.8, 4) is 5.75 Å². The normalized spacial score (nSPS) is 14.5. The van der Waals surface area contributed by atoms with Crippen LogP contribution >= 0.6 is 0 Å². The van der Waals surface area contributed by atoms with Crippen LogP contribution in [0.2, 0.25) is 0 Å². The van der Waals surface area contributed by atoms with E-state index in [0.29, 0.717) is 13.0 Å². The highest BCUT2D eigenvalue weighted by Crippen LogP contribution is 2.16. The first-order chi connectivity index (χ1) is 10.5. The van der Waals surface area contributed by atoms with Crippen molar-refractivity contribution >= 4 is 11.8 Å². The van der Waals surface area contributed by atoms with Gasteiger partial charge in [-0.1, -0.05) is 12.1 Å². The summed E-state index contributed by atoms with van der Waals surface area (Å²) in [7, 11) is 1.50. The Morgan fingerprint density at radius 1 is 1.45 bits per heavy atom. The molecule has 0 atom stereocenters. The van der Waals surface area contributed by atoms with Gasteiger partial charge in [-0.3, -0.25) is 9.59 Å². The van der Waals surface area contributed by atoms with E-state index in [-0.39, 0.29) is 24.5 Å². The number of carbonyl (C=O) groups is 2. The summed E-state index contributed by atoms with van der Waals surface area (Å²) in [6.07, 6.45) is 0.470. The summed E-state index contributed by atoms with van der Waals surface area (Å²) in [5.41, 5.74) is 0.0579. The monoisotopic (exact) mass is 308 g/mol. The molecule has 0 fully saturated rings. The lowest BCUT2D eigenvalue weighted by Gasteiger charge is -2.09. The molecule has 0 bridgehead atoms. The van der Waals surface area contributed by atoms with Crippen LogP contribution in [0.25, 0.3) is 0 Å². The number of nitrogens with one attached hydrogen (secondary N) is 1. The molecule has 1 aromatic carbocycles. The lowest BCUT2D eigenvalue weighted by Crippen LogP contribution is -2.29. The molecule has 0 saturated carbocycles. The fourth-order valence-corrected chi connectivity index (χ4v) is 2.00.